The number of carbonyl (C=O) groups excluding carboxylic acids is 2. The van der Waals surface area contributed by atoms with E-state index in [1.165, 1.54) is 29.2 Å². The lowest BCUT2D eigenvalue weighted by molar-refractivity contribution is -0.140. The topological polar surface area (TPSA) is 90.7 Å². The van der Waals surface area contributed by atoms with Gasteiger partial charge in [-0.3, -0.25) is 14.6 Å². The van der Waals surface area contributed by atoms with Crippen LogP contribution in [-0.2, 0) is 16.1 Å². The Balaban J connectivity index is 1.85. The zero-order chi connectivity index (χ0) is 21.3. The quantitative estimate of drug-likeness (QED) is 0.394. The molecule has 1 aliphatic rings. The van der Waals surface area contributed by atoms with Crippen molar-refractivity contribution in [2.24, 2.45) is 0 Å². The van der Waals surface area contributed by atoms with Crippen molar-refractivity contribution in [3.63, 3.8) is 0 Å². The molecule has 1 atom stereocenters. The maximum absolute atomic E-state index is 13.3. The van der Waals surface area contributed by atoms with Gasteiger partial charge in [-0.25, -0.2) is 4.39 Å². The first-order valence-electron chi connectivity index (χ1n) is 9.18. The Morgan fingerprint density at radius 1 is 1.03 bits per heavy atom. The minimum atomic E-state index is -0.879. The number of amides is 1. The first kappa shape index (κ1) is 19.3. The molecular formula is C23H17FN2O4. The largest absolute Gasteiger partial charge is 0.508 e. The molecule has 6 nitrogen and oxygen atoms in total. The van der Waals surface area contributed by atoms with E-state index in [1.54, 1.807) is 36.7 Å². The number of phenols is 1. The Morgan fingerprint density at radius 3 is 2.37 bits per heavy atom. The predicted octanol–water partition coefficient (Wildman–Crippen LogP) is 3.55. The Kier molecular flexibility index (Phi) is 5.02. The molecular weight excluding hydrogens is 387 g/mol. The zero-order valence-electron chi connectivity index (χ0n) is 15.7. The summed E-state index contributed by atoms with van der Waals surface area (Å²) in [5, 5.41) is 20.5. The fourth-order valence-electron chi connectivity index (χ4n) is 3.50. The Hall–Kier alpha value is -4.00. The highest BCUT2D eigenvalue weighted by molar-refractivity contribution is 6.46. The van der Waals surface area contributed by atoms with Crippen molar-refractivity contribution in [2.45, 2.75) is 12.6 Å². The number of phenolic OH excluding ortho intramolecular Hbond substituents is 1. The van der Waals surface area contributed by atoms with Gasteiger partial charge in [0.05, 0.1) is 11.6 Å². The number of pyridine rings is 1. The number of halogens is 1. The van der Waals surface area contributed by atoms with E-state index < -0.39 is 23.5 Å². The summed E-state index contributed by atoms with van der Waals surface area (Å²) < 4.78 is 13.3. The van der Waals surface area contributed by atoms with Gasteiger partial charge in [0.1, 0.15) is 17.3 Å². The Labute approximate surface area is 171 Å². The van der Waals surface area contributed by atoms with E-state index in [-0.39, 0.29) is 29.2 Å². The fourth-order valence-corrected chi connectivity index (χ4v) is 3.50. The van der Waals surface area contributed by atoms with Crippen molar-refractivity contribution in [3.05, 3.63) is 101 Å². The lowest BCUT2D eigenvalue weighted by Gasteiger charge is -2.25. The number of hydrogen-bond donors (Lipinski definition) is 2. The molecule has 7 heteroatoms. The number of hydrogen-bond acceptors (Lipinski definition) is 5. The predicted molar refractivity (Wildman–Crippen MR) is 107 cm³/mol. The van der Waals surface area contributed by atoms with Crippen molar-refractivity contribution in [3.8, 4) is 5.75 Å². The average molecular weight is 404 g/mol. The second-order valence-electron chi connectivity index (χ2n) is 6.89. The number of aliphatic hydroxyl groups excluding tert-OH is 1. The van der Waals surface area contributed by atoms with Gasteiger partial charge >= 0.3 is 0 Å². The number of likely N-dealkylation sites (tertiary alicyclic amines) is 1. The number of rotatable bonds is 4. The molecule has 1 amide bonds. The summed E-state index contributed by atoms with van der Waals surface area (Å²) in [7, 11) is 0. The molecule has 0 radical (unpaired) electrons. The molecule has 2 aromatic carbocycles. The molecule has 2 heterocycles. The summed E-state index contributed by atoms with van der Waals surface area (Å²) in [6.45, 7) is 0.101. The second kappa shape index (κ2) is 7.79. The van der Waals surface area contributed by atoms with Crippen molar-refractivity contribution in [1.82, 2.24) is 9.88 Å². The molecule has 0 unspecified atom stereocenters. The number of Topliss-reactive ketones (excluding diaryl/α,β-unsaturated/α-hetero) is 1. The molecule has 1 fully saturated rings. The highest BCUT2D eigenvalue weighted by Gasteiger charge is 2.46. The molecule has 2 N–H and O–H groups in total. The highest BCUT2D eigenvalue weighted by atomic mass is 19.1. The number of aromatic nitrogens is 1. The van der Waals surface area contributed by atoms with E-state index in [2.05, 4.69) is 4.98 Å². The summed E-state index contributed by atoms with van der Waals surface area (Å²) in [5.74, 6) is -2.44. The van der Waals surface area contributed by atoms with Crippen molar-refractivity contribution < 1.29 is 24.2 Å². The average Bonchev–Trinajstić information content (AvgIpc) is 3.00. The van der Waals surface area contributed by atoms with E-state index in [9.17, 15) is 24.2 Å². The van der Waals surface area contributed by atoms with Gasteiger partial charge in [0, 0.05) is 24.5 Å². The smallest absolute Gasteiger partial charge is 0.295 e. The molecule has 1 saturated heterocycles. The van der Waals surface area contributed by atoms with Crippen LogP contribution in [0.2, 0.25) is 0 Å². The van der Waals surface area contributed by atoms with E-state index in [0.717, 1.165) is 12.1 Å². The third-order valence-electron chi connectivity index (χ3n) is 4.94. The van der Waals surface area contributed by atoms with Crippen molar-refractivity contribution >= 4 is 17.4 Å². The van der Waals surface area contributed by atoms with Gasteiger partial charge in [0.15, 0.2) is 0 Å². The van der Waals surface area contributed by atoms with Gasteiger partial charge in [0.2, 0.25) is 0 Å². The van der Waals surface area contributed by atoms with E-state index in [4.69, 9.17) is 0 Å². The molecule has 4 rings (SSSR count). The van der Waals surface area contributed by atoms with Crippen LogP contribution in [0.4, 0.5) is 4.39 Å². The van der Waals surface area contributed by atoms with Gasteiger partial charge in [-0.15, -0.1) is 0 Å². The summed E-state index contributed by atoms with van der Waals surface area (Å²) in [6.07, 6.45) is 3.19. The van der Waals surface area contributed by atoms with Gasteiger partial charge in [-0.1, -0.05) is 18.2 Å². The van der Waals surface area contributed by atoms with Gasteiger partial charge < -0.3 is 15.1 Å². The molecule has 0 bridgehead atoms. The zero-order valence-corrected chi connectivity index (χ0v) is 15.7. The van der Waals surface area contributed by atoms with Gasteiger partial charge in [-0.05, 0) is 53.6 Å². The van der Waals surface area contributed by atoms with Crippen LogP contribution >= 0.6 is 0 Å². The maximum Gasteiger partial charge on any atom is 0.295 e. The summed E-state index contributed by atoms with van der Waals surface area (Å²) >= 11 is 0. The monoisotopic (exact) mass is 404 g/mol. The molecule has 30 heavy (non-hydrogen) atoms. The van der Waals surface area contributed by atoms with Crippen LogP contribution in [0.5, 0.6) is 5.75 Å². The summed E-state index contributed by atoms with van der Waals surface area (Å²) in [5.41, 5.74) is 1.38. The lowest BCUT2D eigenvalue weighted by Crippen LogP contribution is -2.29. The standard InChI is InChI=1S/C23H17FN2O4/c24-17-7-3-16(4-8-17)21(28)19-20(15-5-9-18(27)10-6-15)26(23(30)22(19)29)13-14-2-1-11-25-12-14/h1-12,20,27-28H,13H2/b21-19+/t20-/m0/s1. The summed E-state index contributed by atoms with van der Waals surface area (Å²) in [6, 6.07) is 13.7. The Bertz CT molecular complexity index is 1130. The number of nitrogens with zero attached hydrogens (tertiary/aromatic N) is 2. The molecule has 1 aliphatic heterocycles. The van der Waals surface area contributed by atoms with E-state index >= 15 is 0 Å². The van der Waals surface area contributed by atoms with Crippen LogP contribution in [-0.4, -0.2) is 31.8 Å². The van der Waals surface area contributed by atoms with Crippen LogP contribution in [0.25, 0.3) is 5.76 Å². The summed E-state index contributed by atoms with van der Waals surface area (Å²) in [4.78, 5) is 31.1. The minimum Gasteiger partial charge on any atom is -0.508 e. The van der Waals surface area contributed by atoms with Gasteiger partial charge in [-0.2, -0.15) is 0 Å². The first-order valence-corrected chi connectivity index (χ1v) is 9.18. The number of benzene rings is 2. The van der Waals surface area contributed by atoms with Crippen LogP contribution in [0.1, 0.15) is 22.7 Å². The minimum absolute atomic E-state index is 0.0292. The molecule has 0 saturated carbocycles. The molecule has 1 aromatic heterocycles. The third-order valence-corrected chi connectivity index (χ3v) is 4.94. The van der Waals surface area contributed by atoms with Crippen LogP contribution < -0.4 is 0 Å². The van der Waals surface area contributed by atoms with Crippen molar-refractivity contribution in [1.29, 1.82) is 0 Å². The third kappa shape index (κ3) is 3.53. The maximum atomic E-state index is 13.3. The fraction of sp³-hybridized carbons (Fsp3) is 0.0870. The first-order chi connectivity index (χ1) is 14.5. The Morgan fingerprint density at radius 2 is 1.73 bits per heavy atom. The van der Waals surface area contributed by atoms with E-state index in [1.807, 2.05) is 0 Å². The number of aromatic hydroxyl groups is 1. The van der Waals surface area contributed by atoms with Crippen LogP contribution in [0.3, 0.4) is 0 Å². The number of ketones is 1. The van der Waals surface area contributed by atoms with Gasteiger partial charge in [0.25, 0.3) is 11.7 Å². The van der Waals surface area contributed by atoms with Crippen molar-refractivity contribution in [2.75, 3.05) is 0 Å². The molecule has 3 aromatic rings. The normalized spacial score (nSPS) is 18.0. The van der Waals surface area contributed by atoms with E-state index in [0.29, 0.717) is 11.1 Å². The number of aliphatic hydroxyl groups is 1. The van der Waals surface area contributed by atoms with Crippen LogP contribution in [0, 0.1) is 5.82 Å². The second-order valence-corrected chi connectivity index (χ2v) is 6.89. The lowest BCUT2D eigenvalue weighted by atomic mass is 9.95. The molecule has 150 valence electrons. The SMILES string of the molecule is O=C1C(=O)N(Cc2cccnc2)[C@@H](c2ccc(O)cc2)/C1=C(\O)c1ccc(F)cc1. The number of carbonyl (C=O) groups is 2. The van der Waals surface area contributed by atoms with Crippen LogP contribution in [0.15, 0.2) is 78.6 Å². The highest BCUT2D eigenvalue weighted by Crippen LogP contribution is 2.40. The molecule has 0 aliphatic carbocycles. The molecule has 0 spiro atoms.